The predicted molar refractivity (Wildman–Crippen MR) is 97.0 cm³/mol. The second kappa shape index (κ2) is 7.91. The monoisotopic (exact) mass is 355 g/mol. The van der Waals surface area contributed by atoms with Crippen molar-refractivity contribution in [3.63, 3.8) is 0 Å². The number of rotatable bonds is 4. The van der Waals surface area contributed by atoms with Gasteiger partial charge in [-0.1, -0.05) is 37.5 Å². The van der Waals surface area contributed by atoms with Crippen molar-refractivity contribution in [3.05, 3.63) is 53.6 Å². The molecule has 0 unspecified atom stereocenters. The van der Waals surface area contributed by atoms with Crippen molar-refractivity contribution >= 4 is 17.7 Å². The van der Waals surface area contributed by atoms with Crippen LogP contribution in [0.1, 0.15) is 53.9 Å². The van der Waals surface area contributed by atoms with E-state index in [4.69, 9.17) is 4.74 Å². The number of para-hydroxylation sites is 1. The maximum Gasteiger partial charge on any atom is 0.417 e. The molecule has 1 fully saturated rings. The standard InChI is InChI=1S/C20H21NO5/c22-18-16(19(23)24)11-14(13-7-3-1-4-8-13)12-17(18)21-20(25)26-15-9-5-2-6-10-15/h2,5-6,9-13,22H,1,3-4,7-8H2,(H,21,25)(H,23,24). The molecule has 0 heterocycles. The second-order valence-corrected chi connectivity index (χ2v) is 6.43. The number of anilines is 1. The molecule has 0 aliphatic heterocycles. The molecule has 26 heavy (non-hydrogen) atoms. The van der Waals surface area contributed by atoms with Crippen LogP contribution >= 0.6 is 0 Å². The van der Waals surface area contributed by atoms with Gasteiger partial charge in [0.1, 0.15) is 11.3 Å². The van der Waals surface area contributed by atoms with Gasteiger partial charge in [-0.2, -0.15) is 0 Å². The maximum absolute atomic E-state index is 12.1. The summed E-state index contributed by atoms with van der Waals surface area (Å²) in [4.78, 5) is 23.6. The fourth-order valence-electron chi connectivity index (χ4n) is 3.32. The summed E-state index contributed by atoms with van der Waals surface area (Å²) >= 11 is 0. The number of carboxylic acids is 1. The van der Waals surface area contributed by atoms with E-state index < -0.39 is 17.8 Å². The van der Waals surface area contributed by atoms with E-state index in [9.17, 15) is 19.8 Å². The van der Waals surface area contributed by atoms with Crippen LogP contribution in [0.15, 0.2) is 42.5 Å². The molecule has 0 radical (unpaired) electrons. The number of hydrogen-bond acceptors (Lipinski definition) is 4. The van der Waals surface area contributed by atoms with Crippen LogP contribution in [-0.4, -0.2) is 22.3 Å². The quantitative estimate of drug-likeness (QED) is 0.688. The number of amides is 1. The Morgan fingerprint density at radius 1 is 1.04 bits per heavy atom. The van der Waals surface area contributed by atoms with E-state index in [2.05, 4.69) is 5.32 Å². The normalized spacial score (nSPS) is 14.6. The van der Waals surface area contributed by atoms with Gasteiger partial charge in [0.05, 0.1) is 5.69 Å². The maximum atomic E-state index is 12.1. The summed E-state index contributed by atoms with van der Waals surface area (Å²) in [5, 5.41) is 22.1. The Morgan fingerprint density at radius 3 is 2.38 bits per heavy atom. The Labute approximate surface area is 151 Å². The summed E-state index contributed by atoms with van der Waals surface area (Å²) in [6.07, 6.45) is 4.51. The van der Waals surface area contributed by atoms with Crippen molar-refractivity contribution in [2.24, 2.45) is 0 Å². The summed E-state index contributed by atoms with van der Waals surface area (Å²) in [7, 11) is 0. The van der Waals surface area contributed by atoms with Crippen molar-refractivity contribution in [2.75, 3.05) is 5.32 Å². The lowest BCUT2D eigenvalue weighted by atomic mass is 9.83. The smallest absolute Gasteiger partial charge is 0.417 e. The van der Waals surface area contributed by atoms with E-state index in [-0.39, 0.29) is 17.2 Å². The average Bonchev–Trinajstić information content (AvgIpc) is 2.64. The second-order valence-electron chi connectivity index (χ2n) is 6.43. The molecular weight excluding hydrogens is 334 g/mol. The van der Waals surface area contributed by atoms with Gasteiger partial charge >= 0.3 is 12.1 Å². The third-order valence-corrected chi connectivity index (χ3v) is 4.63. The third kappa shape index (κ3) is 4.14. The Balaban J connectivity index is 1.85. The number of hydrogen-bond donors (Lipinski definition) is 3. The first-order valence-corrected chi connectivity index (χ1v) is 8.68. The SMILES string of the molecule is O=C(Nc1cc(C2CCCCC2)cc(C(=O)O)c1O)Oc1ccccc1. The highest BCUT2D eigenvalue weighted by molar-refractivity contribution is 5.97. The van der Waals surface area contributed by atoms with Crippen molar-refractivity contribution in [1.82, 2.24) is 0 Å². The van der Waals surface area contributed by atoms with Crippen molar-refractivity contribution in [3.8, 4) is 11.5 Å². The third-order valence-electron chi connectivity index (χ3n) is 4.63. The topological polar surface area (TPSA) is 95.9 Å². The van der Waals surface area contributed by atoms with E-state index in [1.807, 2.05) is 0 Å². The number of ether oxygens (including phenoxy) is 1. The molecule has 0 aromatic heterocycles. The van der Waals surface area contributed by atoms with Crippen LogP contribution in [0.2, 0.25) is 0 Å². The van der Waals surface area contributed by atoms with Crippen LogP contribution in [0.5, 0.6) is 11.5 Å². The number of carbonyl (C=O) groups is 2. The molecule has 0 atom stereocenters. The molecule has 136 valence electrons. The molecule has 1 saturated carbocycles. The predicted octanol–water partition coefficient (Wildman–Crippen LogP) is 4.75. The van der Waals surface area contributed by atoms with Crippen molar-refractivity contribution in [2.45, 2.75) is 38.0 Å². The summed E-state index contributed by atoms with van der Waals surface area (Å²) in [5.74, 6) is -1.12. The fourth-order valence-corrected chi connectivity index (χ4v) is 3.32. The highest BCUT2D eigenvalue weighted by atomic mass is 16.6. The van der Waals surface area contributed by atoms with Gasteiger partial charge < -0.3 is 14.9 Å². The van der Waals surface area contributed by atoms with Gasteiger partial charge in [-0.15, -0.1) is 0 Å². The lowest BCUT2D eigenvalue weighted by molar-refractivity contribution is 0.0693. The lowest BCUT2D eigenvalue weighted by Gasteiger charge is -2.23. The van der Waals surface area contributed by atoms with Gasteiger partial charge in [-0.25, -0.2) is 9.59 Å². The van der Waals surface area contributed by atoms with Crippen molar-refractivity contribution in [1.29, 1.82) is 0 Å². The first-order chi connectivity index (χ1) is 12.5. The molecule has 2 aromatic carbocycles. The van der Waals surface area contributed by atoms with E-state index in [0.717, 1.165) is 31.2 Å². The minimum Gasteiger partial charge on any atom is -0.505 e. The average molecular weight is 355 g/mol. The number of carboxylic acid groups (broad SMARTS) is 1. The first-order valence-electron chi connectivity index (χ1n) is 8.68. The van der Waals surface area contributed by atoms with E-state index >= 15 is 0 Å². The van der Waals surface area contributed by atoms with Crippen LogP contribution in [0.25, 0.3) is 0 Å². The molecule has 6 nitrogen and oxygen atoms in total. The molecule has 3 N–H and O–H groups in total. The zero-order valence-electron chi connectivity index (χ0n) is 14.3. The molecule has 6 heteroatoms. The zero-order chi connectivity index (χ0) is 18.5. The molecule has 0 spiro atoms. The summed E-state index contributed by atoms with van der Waals surface area (Å²) < 4.78 is 5.15. The van der Waals surface area contributed by atoms with Crippen LogP contribution < -0.4 is 10.1 Å². The Hall–Kier alpha value is -3.02. The first kappa shape index (κ1) is 17.8. The van der Waals surface area contributed by atoms with Crippen LogP contribution in [0.3, 0.4) is 0 Å². The summed E-state index contributed by atoms with van der Waals surface area (Å²) in [6, 6.07) is 11.6. The summed E-state index contributed by atoms with van der Waals surface area (Å²) in [6.45, 7) is 0. The molecule has 1 aliphatic rings. The number of nitrogens with one attached hydrogen (secondary N) is 1. The number of benzene rings is 2. The molecule has 0 saturated heterocycles. The van der Waals surface area contributed by atoms with Crippen LogP contribution in [0, 0.1) is 0 Å². The van der Waals surface area contributed by atoms with Gasteiger partial charge in [0, 0.05) is 0 Å². The number of phenols is 1. The molecule has 1 aliphatic carbocycles. The summed E-state index contributed by atoms with van der Waals surface area (Å²) in [5.41, 5.74) is 0.643. The van der Waals surface area contributed by atoms with E-state index in [0.29, 0.717) is 5.75 Å². The van der Waals surface area contributed by atoms with Gasteiger partial charge in [-0.05, 0) is 48.6 Å². The fraction of sp³-hybridized carbons (Fsp3) is 0.300. The van der Waals surface area contributed by atoms with E-state index in [1.54, 1.807) is 36.4 Å². The Morgan fingerprint density at radius 2 is 1.73 bits per heavy atom. The Kier molecular flexibility index (Phi) is 5.41. The van der Waals surface area contributed by atoms with Crippen molar-refractivity contribution < 1.29 is 24.5 Å². The largest absolute Gasteiger partial charge is 0.505 e. The van der Waals surface area contributed by atoms with Crippen LogP contribution in [-0.2, 0) is 0 Å². The van der Waals surface area contributed by atoms with Gasteiger partial charge in [-0.3, -0.25) is 5.32 Å². The number of aromatic hydroxyl groups is 1. The van der Waals surface area contributed by atoms with E-state index in [1.165, 1.54) is 12.5 Å². The van der Waals surface area contributed by atoms with Gasteiger partial charge in [0.25, 0.3) is 0 Å². The lowest BCUT2D eigenvalue weighted by Crippen LogP contribution is -2.18. The van der Waals surface area contributed by atoms with Gasteiger partial charge in [0.2, 0.25) is 0 Å². The highest BCUT2D eigenvalue weighted by Gasteiger charge is 2.22. The zero-order valence-corrected chi connectivity index (χ0v) is 14.3. The van der Waals surface area contributed by atoms with Gasteiger partial charge in [0.15, 0.2) is 5.75 Å². The molecular formula is C20H21NO5. The molecule has 1 amide bonds. The molecule has 2 aromatic rings. The Bertz CT molecular complexity index is 797. The van der Waals surface area contributed by atoms with Crippen LogP contribution in [0.4, 0.5) is 10.5 Å². The number of carbonyl (C=O) groups excluding carboxylic acids is 1. The highest BCUT2D eigenvalue weighted by Crippen LogP contribution is 2.38. The minimum absolute atomic E-state index is 0.0476. The molecule has 3 rings (SSSR count). The minimum atomic E-state index is -1.24. The molecule has 0 bridgehead atoms. The number of aromatic carboxylic acids is 1.